The Bertz CT molecular complexity index is 887. The van der Waals surface area contributed by atoms with Crippen LogP contribution in [0.5, 0.6) is 0 Å². The number of nitrogen functional groups attached to an aromatic ring is 1. The Morgan fingerprint density at radius 3 is 2.40 bits per heavy atom. The minimum absolute atomic E-state index is 0.0544. The summed E-state index contributed by atoms with van der Waals surface area (Å²) >= 11 is 0. The number of hydrogen-bond donors (Lipinski definition) is 3. The number of amides is 3. The molecule has 25 heavy (non-hydrogen) atoms. The Kier molecular flexibility index (Phi) is 2.75. The largest absolute Gasteiger partial charge is 0.399 e. The number of fused-ring (bicyclic) bond motifs is 5. The molecule has 2 fully saturated rings. The van der Waals surface area contributed by atoms with Crippen molar-refractivity contribution >= 4 is 17.6 Å². The molecule has 4 atom stereocenters. The van der Waals surface area contributed by atoms with Crippen molar-refractivity contribution in [3.63, 3.8) is 0 Å². The lowest BCUT2D eigenvalue weighted by atomic mass is 10.0. The van der Waals surface area contributed by atoms with E-state index in [-0.39, 0.29) is 36.1 Å². The molecule has 1 aromatic heterocycles. The molecule has 1 aromatic carbocycles. The smallest absolute Gasteiger partial charge is 0.317 e. The first-order chi connectivity index (χ1) is 12.0. The van der Waals surface area contributed by atoms with Gasteiger partial charge >= 0.3 is 6.03 Å². The van der Waals surface area contributed by atoms with Crippen LogP contribution in [-0.2, 0) is 0 Å². The maximum absolute atomic E-state index is 12.6. The van der Waals surface area contributed by atoms with Crippen LogP contribution in [0.15, 0.2) is 36.4 Å². The van der Waals surface area contributed by atoms with Crippen LogP contribution in [0.4, 0.5) is 10.5 Å². The molecule has 128 valence electrons. The number of anilines is 1. The number of carbonyl (C=O) groups excluding carboxylic acids is 2. The van der Waals surface area contributed by atoms with Crippen molar-refractivity contribution in [2.24, 2.45) is 0 Å². The summed E-state index contributed by atoms with van der Waals surface area (Å²) in [7, 11) is 1.82. The third kappa shape index (κ3) is 1.86. The summed E-state index contributed by atoms with van der Waals surface area (Å²) in [6.45, 7) is 0. The molecule has 3 amide bonds. The monoisotopic (exact) mass is 337 g/mol. The number of nitrogens with two attached hydrogens (primary N) is 1. The van der Waals surface area contributed by atoms with E-state index in [9.17, 15) is 9.59 Å². The van der Waals surface area contributed by atoms with Gasteiger partial charge in [-0.25, -0.2) is 4.79 Å². The van der Waals surface area contributed by atoms with Gasteiger partial charge in [0.05, 0.1) is 24.2 Å². The maximum atomic E-state index is 12.6. The van der Waals surface area contributed by atoms with Gasteiger partial charge in [-0.15, -0.1) is 0 Å². The number of nitrogens with zero attached hydrogens (tertiary/aromatic N) is 2. The summed E-state index contributed by atoms with van der Waals surface area (Å²) in [5.74, 6) is -0.0904. The first kappa shape index (κ1) is 14.4. The summed E-state index contributed by atoms with van der Waals surface area (Å²) in [5.41, 5.74) is 9.22. The topological polar surface area (TPSA) is 92.4 Å². The normalized spacial score (nSPS) is 29.7. The van der Waals surface area contributed by atoms with Gasteiger partial charge in [0.25, 0.3) is 5.91 Å². The summed E-state index contributed by atoms with van der Waals surface area (Å²) in [6.07, 6.45) is 0.814. The van der Waals surface area contributed by atoms with Gasteiger partial charge in [0.15, 0.2) is 0 Å². The summed E-state index contributed by atoms with van der Waals surface area (Å²) in [4.78, 5) is 26.3. The third-order valence-electron chi connectivity index (χ3n) is 5.79. The molecule has 4 N–H and O–H groups in total. The Labute approximate surface area is 144 Å². The van der Waals surface area contributed by atoms with E-state index in [1.54, 1.807) is 4.90 Å². The van der Waals surface area contributed by atoms with Crippen molar-refractivity contribution in [2.45, 2.75) is 30.6 Å². The molecule has 2 aromatic rings. The van der Waals surface area contributed by atoms with Gasteiger partial charge in [0.2, 0.25) is 0 Å². The quantitative estimate of drug-likeness (QED) is 0.683. The van der Waals surface area contributed by atoms with Crippen molar-refractivity contribution < 1.29 is 9.59 Å². The number of nitrogens with one attached hydrogen (secondary N) is 2. The van der Waals surface area contributed by atoms with Crippen molar-refractivity contribution in [3.05, 3.63) is 42.1 Å². The van der Waals surface area contributed by atoms with Gasteiger partial charge in [-0.05, 0) is 36.2 Å². The standard InChI is InChI=1S/C18H19N5O2/c1-22-13-8-14-16(15(13)21-18(22)25)20-17(24)12-7-6-11(23(12)14)9-2-4-10(19)5-3-9/h2-7,13-16H,8,19H2,1H3,(H,20,24)(H,21,25)/t13-,14-,15-,16-/m1/s1. The lowest BCUT2D eigenvalue weighted by Crippen LogP contribution is -2.53. The second-order valence-corrected chi connectivity index (χ2v) is 7.05. The number of likely N-dealkylation sites (N-methyl/N-ethyl adjacent to an activating group) is 1. The van der Waals surface area contributed by atoms with Gasteiger partial charge in [-0.2, -0.15) is 0 Å². The van der Waals surface area contributed by atoms with Crippen LogP contribution in [-0.4, -0.2) is 46.6 Å². The van der Waals surface area contributed by atoms with E-state index in [2.05, 4.69) is 15.2 Å². The highest BCUT2D eigenvalue weighted by Gasteiger charge is 2.54. The molecule has 3 heterocycles. The van der Waals surface area contributed by atoms with E-state index in [1.807, 2.05) is 43.4 Å². The summed E-state index contributed by atoms with van der Waals surface area (Å²) in [6, 6.07) is 11.5. The van der Waals surface area contributed by atoms with Gasteiger partial charge in [0.1, 0.15) is 5.69 Å². The van der Waals surface area contributed by atoms with Crippen LogP contribution >= 0.6 is 0 Å². The molecule has 0 bridgehead atoms. The Balaban J connectivity index is 1.61. The molecular weight excluding hydrogens is 318 g/mol. The van der Waals surface area contributed by atoms with Crippen LogP contribution in [0, 0.1) is 0 Å². The van der Waals surface area contributed by atoms with Crippen LogP contribution in [0.3, 0.4) is 0 Å². The highest BCUT2D eigenvalue weighted by molar-refractivity contribution is 5.95. The summed E-state index contributed by atoms with van der Waals surface area (Å²) in [5, 5.41) is 6.12. The van der Waals surface area contributed by atoms with Crippen molar-refractivity contribution in [2.75, 3.05) is 12.8 Å². The number of hydrogen-bond acceptors (Lipinski definition) is 3. The summed E-state index contributed by atoms with van der Waals surface area (Å²) < 4.78 is 2.13. The Morgan fingerprint density at radius 1 is 0.960 bits per heavy atom. The number of carbonyl (C=O) groups is 2. The third-order valence-corrected chi connectivity index (χ3v) is 5.79. The van der Waals surface area contributed by atoms with Crippen LogP contribution in [0.25, 0.3) is 11.3 Å². The molecule has 7 heteroatoms. The molecule has 5 rings (SSSR count). The zero-order valence-electron chi connectivity index (χ0n) is 13.8. The number of aromatic nitrogens is 1. The van der Waals surface area contributed by atoms with E-state index in [0.29, 0.717) is 11.4 Å². The molecule has 2 aliphatic heterocycles. The van der Waals surface area contributed by atoms with E-state index < -0.39 is 0 Å². The molecule has 1 aliphatic carbocycles. The lowest BCUT2D eigenvalue weighted by Gasteiger charge is -2.33. The average Bonchev–Trinajstić information content (AvgIpc) is 3.24. The molecule has 3 aliphatic rings. The van der Waals surface area contributed by atoms with E-state index in [1.165, 1.54) is 0 Å². The first-order valence-corrected chi connectivity index (χ1v) is 8.46. The van der Waals surface area contributed by atoms with E-state index >= 15 is 0 Å². The van der Waals surface area contributed by atoms with Crippen LogP contribution in [0.1, 0.15) is 23.0 Å². The minimum atomic E-state index is -0.0983. The van der Waals surface area contributed by atoms with Gasteiger partial charge < -0.3 is 25.8 Å². The van der Waals surface area contributed by atoms with Gasteiger partial charge in [-0.1, -0.05) is 12.1 Å². The second-order valence-electron chi connectivity index (χ2n) is 7.05. The predicted molar refractivity (Wildman–Crippen MR) is 93.1 cm³/mol. The van der Waals surface area contributed by atoms with E-state index in [0.717, 1.165) is 17.7 Å². The van der Waals surface area contributed by atoms with Crippen molar-refractivity contribution in [1.29, 1.82) is 0 Å². The number of benzene rings is 1. The molecule has 0 spiro atoms. The molecule has 1 saturated heterocycles. The van der Waals surface area contributed by atoms with Crippen LogP contribution in [0.2, 0.25) is 0 Å². The lowest BCUT2D eigenvalue weighted by molar-refractivity contribution is 0.0882. The fourth-order valence-corrected chi connectivity index (χ4v) is 4.56. The van der Waals surface area contributed by atoms with Crippen LogP contribution < -0.4 is 16.4 Å². The molecule has 1 saturated carbocycles. The fourth-order valence-electron chi connectivity index (χ4n) is 4.56. The minimum Gasteiger partial charge on any atom is -0.399 e. The van der Waals surface area contributed by atoms with Gasteiger partial charge in [-0.3, -0.25) is 4.79 Å². The molecular formula is C18H19N5O2. The highest BCUT2D eigenvalue weighted by atomic mass is 16.2. The number of rotatable bonds is 1. The first-order valence-electron chi connectivity index (χ1n) is 8.46. The second kappa shape index (κ2) is 4.78. The average molecular weight is 337 g/mol. The predicted octanol–water partition coefficient (Wildman–Crippen LogP) is 1.19. The molecule has 0 unspecified atom stereocenters. The highest BCUT2D eigenvalue weighted by Crippen LogP contribution is 2.42. The van der Waals surface area contributed by atoms with Crippen molar-refractivity contribution in [1.82, 2.24) is 20.1 Å². The Hall–Kier alpha value is -2.96. The van der Waals surface area contributed by atoms with Gasteiger partial charge in [0, 0.05) is 18.4 Å². The molecule has 0 radical (unpaired) electrons. The SMILES string of the molecule is CN1C(=O)N[C@H]2[C@@H]3NC(=O)c4ccc(-c5ccc(N)cc5)n4[C@@H]3C[C@H]21. The molecule has 7 nitrogen and oxygen atoms in total. The van der Waals surface area contributed by atoms with E-state index in [4.69, 9.17) is 5.73 Å². The number of urea groups is 1. The zero-order valence-corrected chi connectivity index (χ0v) is 13.8. The maximum Gasteiger partial charge on any atom is 0.317 e. The fraction of sp³-hybridized carbons (Fsp3) is 0.333. The van der Waals surface area contributed by atoms with Crippen molar-refractivity contribution in [3.8, 4) is 11.3 Å². The Morgan fingerprint density at radius 2 is 1.64 bits per heavy atom. The zero-order chi connectivity index (χ0) is 17.3.